The van der Waals surface area contributed by atoms with Crippen LogP contribution < -0.4 is 0 Å². The second kappa shape index (κ2) is 11.0. The van der Waals surface area contributed by atoms with Gasteiger partial charge >= 0.3 is 0 Å². The van der Waals surface area contributed by atoms with E-state index in [9.17, 15) is 4.79 Å². The number of ether oxygens (including phenoxy) is 1. The van der Waals surface area contributed by atoms with E-state index in [0.29, 0.717) is 30.7 Å². The Kier molecular flexibility index (Phi) is 7.93. The Bertz CT molecular complexity index is 1030. The summed E-state index contributed by atoms with van der Waals surface area (Å²) in [5.74, 6) is 1.16. The number of fused-ring (bicyclic) bond motifs is 2. The molecule has 0 aliphatic carbocycles. The van der Waals surface area contributed by atoms with E-state index in [1.165, 1.54) is 36.0 Å². The molecule has 1 amide bonds. The predicted molar refractivity (Wildman–Crippen MR) is 148 cm³/mol. The lowest BCUT2D eigenvalue weighted by Crippen LogP contribution is -2.45. The van der Waals surface area contributed by atoms with Gasteiger partial charge in [0.1, 0.15) is 0 Å². The van der Waals surface area contributed by atoms with Crippen LogP contribution in [-0.2, 0) is 16.1 Å². The Morgan fingerprint density at radius 1 is 0.971 bits per heavy atom. The van der Waals surface area contributed by atoms with Crippen molar-refractivity contribution < 1.29 is 9.53 Å². The minimum absolute atomic E-state index is 0.237. The van der Waals surface area contributed by atoms with Crippen molar-refractivity contribution in [2.24, 2.45) is 0 Å². The number of piperidine rings is 1. The van der Waals surface area contributed by atoms with Crippen LogP contribution in [0.25, 0.3) is 11.1 Å². The second-order valence-electron chi connectivity index (χ2n) is 10.7. The molecule has 2 aromatic carbocycles. The van der Waals surface area contributed by atoms with Gasteiger partial charge in [0.05, 0.1) is 23.3 Å². The molecule has 6 heteroatoms. The Balaban J connectivity index is 1.10. The number of carbonyl (C=O) groups excluding carboxylic acids is 1. The zero-order valence-corrected chi connectivity index (χ0v) is 23.3. The van der Waals surface area contributed by atoms with Crippen LogP contribution in [0.1, 0.15) is 57.9 Å². The van der Waals surface area contributed by atoms with Crippen LogP contribution >= 0.6 is 27.7 Å². The van der Waals surface area contributed by atoms with Crippen molar-refractivity contribution in [3.63, 3.8) is 0 Å². The lowest BCUT2D eigenvalue weighted by atomic mass is 9.98. The van der Waals surface area contributed by atoms with Gasteiger partial charge in [-0.1, -0.05) is 58.4 Å². The lowest BCUT2D eigenvalue weighted by Gasteiger charge is -2.39. The van der Waals surface area contributed by atoms with Gasteiger partial charge in [0.2, 0.25) is 5.91 Å². The van der Waals surface area contributed by atoms with Gasteiger partial charge in [0.25, 0.3) is 0 Å². The summed E-state index contributed by atoms with van der Waals surface area (Å²) in [6.45, 7) is 6.82. The van der Waals surface area contributed by atoms with E-state index in [0.717, 1.165) is 42.7 Å². The zero-order valence-electron chi connectivity index (χ0n) is 20.9. The number of halogens is 1. The molecule has 2 unspecified atom stereocenters. The molecule has 188 valence electrons. The summed E-state index contributed by atoms with van der Waals surface area (Å²) in [5, 5.41) is 0. The first kappa shape index (κ1) is 25.3. The number of nitrogens with zero attached hydrogens (tertiary/aromatic N) is 2. The molecule has 2 atom stereocenters. The number of rotatable bonds is 9. The molecule has 0 N–H and O–H groups in total. The summed E-state index contributed by atoms with van der Waals surface area (Å²) >= 11 is 5.48. The second-order valence-corrected chi connectivity index (χ2v) is 13.1. The molecule has 4 nitrogen and oxygen atoms in total. The third-order valence-electron chi connectivity index (χ3n) is 7.97. The topological polar surface area (TPSA) is 32.8 Å². The van der Waals surface area contributed by atoms with Crippen LogP contribution in [-0.4, -0.2) is 57.6 Å². The van der Waals surface area contributed by atoms with Crippen molar-refractivity contribution in [1.29, 1.82) is 0 Å². The third-order valence-corrected chi connectivity index (χ3v) is 10.0. The van der Waals surface area contributed by atoms with E-state index in [-0.39, 0.29) is 4.75 Å². The minimum atomic E-state index is -0.237. The van der Waals surface area contributed by atoms with Gasteiger partial charge in [-0.05, 0) is 81.7 Å². The van der Waals surface area contributed by atoms with Gasteiger partial charge in [0.15, 0.2) is 0 Å². The van der Waals surface area contributed by atoms with E-state index in [1.54, 1.807) is 11.8 Å². The fourth-order valence-electron chi connectivity index (χ4n) is 6.03. The highest BCUT2D eigenvalue weighted by Gasteiger charge is 2.41. The van der Waals surface area contributed by atoms with Gasteiger partial charge in [0, 0.05) is 23.1 Å². The number of benzene rings is 2. The molecule has 3 heterocycles. The molecule has 3 aliphatic heterocycles. The highest BCUT2D eigenvalue weighted by molar-refractivity contribution is 9.10. The highest BCUT2D eigenvalue weighted by atomic mass is 79.9. The predicted octanol–water partition coefficient (Wildman–Crippen LogP) is 6.72. The van der Waals surface area contributed by atoms with Crippen LogP contribution in [0.2, 0.25) is 0 Å². The summed E-state index contributed by atoms with van der Waals surface area (Å²) in [6.07, 6.45) is 7.50. The van der Waals surface area contributed by atoms with E-state index in [4.69, 9.17) is 4.74 Å². The highest BCUT2D eigenvalue weighted by Crippen LogP contribution is 2.38. The maximum atomic E-state index is 12.4. The molecular formula is C29H37BrN2O2S. The van der Waals surface area contributed by atoms with Crippen molar-refractivity contribution >= 4 is 33.6 Å². The molecular weight excluding hydrogens is 520 g/mol. The molecule has 0 aromatic heterocycles. The van der Waals surface area contributed by atoms with Crippen LogP contribution in [0.15, 0.2) is 53.0 Å². The van der Waals surface area contributed by atoms with Gasteiger partial charge in [-0.15, -0.1) is 11.8 Å². The maximum Gasteiger partial charge on any atom is 0.238 e. The number of amides is 1. The standard InChI is InChI=1S/C29H37BrN2O2S/c1-29(2)28(33)31(20-35-29)15-7-8-16-32-22-13-14-23(32)18-24(17-22)34-19-21-9-3-4-10-25(21)26-11-5-6-12-27(26)30/h3-6,9-12,22-24H,7-8,13-20H2,1-2H3. The largest absolute Gasteiger partial charge is 0.373 e. The Morgan fingerprint density at radius 3 is 2.31 bits per heavy atom. The molecule has 5 rings (SSSR count). The lowest BCUT2D eigenvalue weighted by molar-refractivity contribution is -0.130. The van der Waals surface area contributed by atoms with E-state index >= 15 is 0 Å². The molecule has 0 radical (unpaired) electrons. The van der Waals surface area contributed by atoms with Crippen molar-refractivity contribution in [2.45, 2.75) is 81.9 Å². The van der Waals surface area contributed by atoms with E-state index in [2.05, 4.69) is 69.4 Å². The first-order chi connectivity index (χ1) is 16.9. The van der Waals surface area contributed by atoms with Crippen molar-refractivity contribution in [3.8, 4) is 11.1 Å². The molecule has 35 heavy (non-hydrogen) atoms. The fourth-order valence-corrected chi connectivity index (χ4v) is 7.50. The van der Waals surface area contributed by atoms with Crippen molar-refractivity contribution in [1.82, 2.24) is 9.80 Å². The molecule has 2 aromatic rings. The molecule has 0 spiro atoms. The van der Waals surface area contributed by atoms with Crippen LogP contribution in [0.3, 0.4) is 0 Å². The van der Waals surface area contributed by atoms with Crippen molar-refractivity contribution in [2.75, 3.05) is 19.0 Å². The molecule has 3 saturated heterocycles. The van der Waals surface area contributed by atoms with Crippen molar-refractivity contribution in [3.05, 3.63) is 58.6 Å². The normalized spacial score (nSPS) is 26.0. The first-order valence-corrected chi connectivity index (χ1v) is 14.8. The van der Waals surface area contributed by atoms with Crippen LogP contribution in [0.4, 0.5) is 0 Å². The van der Waals surface area contributed by atoms with Gasteiger partial charge < -0.3 is 9.64 Å². The smallest absolute Gasteiger partial charge is 0.238 e. The quantitative estimate of drug-likeness (QED) is 0.321. The number of hydrogen-bond acceptors (Lipinski definition) is 4. The maximum absolute atomic E-state index is 12.4. The summed E-state index contributed by atoms with van der Waals surface area (Å²) in [4.78, 5) is 17.2. The fraction of sp³-hybridized carbons (Fsp3) is 0.552. The van der Waals surface area contributed by atoms with Crippen LogP contribution in [0, 0.1) is 0 Å². The number of unbranched alkanes of at least 4 members (excludes halogenated alkanes) is 1. The van der Waals surface area contributed by atoms with Gasteiger partial charge in [-0.2, -0.15) is 0 Å². The summed E-state index contributed by atoms with van der Waals surface area (Å²) in [6, 6.07) is 18.3. The third kappa shape index (κ3) is 5.66. The van der Waals surface area contributed by atoms with E-state index in [1.807, 2.05) is 18.7 Å². The number of hydrogen-bond donors (Lipinski definition) is 0. The van der Waals surface area contributed by atoms with Gasteiger partial charge in [-0.3, -0.25) is 9.69 Å². The monoisotopic (exact) mass is 556 g/mol. The molecule has 2 bridgehead atoms. The van der Waals surface area contributed by atoms with E-state index < -0.39 is 0 Å². The van der Waals surface area contributed by atoms with Gasteiger partial charge in [-0.25, -0.2) is 0 Å². The Morgan fingerprint density at radius 2 is 1.63 bits per heavy atom. The summed E-state index contributed by atoms with van der Waals surface area (Å²) < 4.78 is 7.42. The average Bonchev–Trinajstić information content (AvgIpc) is 3.25. The summed E-state index contributed by atoms with van der Waals surface area (Å²) in [5.41, 5.74) is 3.73. The molecule has 3 fully saturated rings. The average molecular weight is 558 g/mol. The van der Waals surface area contributed by atoms with Crippen LogP contribution in [0.5, 0.6) is 0 Å². The first-order valence-electron chi connectivity index (χ1n) is 13.1. The number of thioether (sulfide) groups is 1. The minimum Gasteiger partial charge on any atom is -0.373 e. The Hall–Kier alpha value is -1.34. The molecule has 3 aliphatic rings. The zero-order chi connectivity index (χ0) is 24.4. The summed E-state index contributed by atoms with van der Waals surface area (Å²) in [7, 11) is 0. The Labute approximate surface area is 222 Å². The number of carbonyl (C=O) groups is 1. The SMILES string of the molecule is CC1(C)SCN(CCCCN2C3CCC2CC(OCc2ccccc2-c2ccccc2Br)C3)C1=O. The molecule has 0 saturated carbocycles.